The van der Waals surface area contributed by atoms with Gasteiger partial charge in [0.15, 0.2) is 0 Å². The first-order valence-electron chi connectivity index (χ1n) is 8.46. The summed E-state index contributed by atoms with van der Waals surface area (Å²) < 4.78 is 35.5. The topological polar surface area (TPSA) is 113 Å². The molecule has 1 N–H and O–H groups in total. The normalized spacial score (nSPS) is 16.7. The number of hydrogen-bond acceptors (Lipinski definition) is 6. The van der Waals surface area contributed by atoms with Crippen molar-refractivity contribution in [2.45, 2.75) is 32.7 Å². The summed E-state index contributed by atoms with van der Waals surface area (Å²) in [6.45, 7) is 4.56. The zero-order valence-electron chi connectivity index (χ0n) is 14.8. The summed E-state index contributed by atoms with van der Waals surface area (Å²) >= 11 is 0. The fourth-order valence-corrected chi connectivity index (χ4v) is 3.82. The molecule has 1 amide bonds. The number of amides is 1. The predicted molar refractivity (Wildman–Crippen MR) is 90.7 cm³/mol. The number of sulfonamides is 1. The van der Waals surface area contributed by atoms with Gasteiger partial charge in [0.2, 0.25) is 15.9 Å². The molecule has 0 aromatic carbocycles. The quantitative estimate of drug-likeness (QED) is 0.492. The van der Waals surface area contributed by atoms with Crippen molar-refractivity contribution in [2.75, 3.05) is 51.8 Å². The third kappa shape index (κ3) is 7.27. The maximum Gasteiger partial charge on any atom is 0.323 e. The molecule has 10 heteroatoms. The lowest BCUT2D eigenvalue weighted by molar-refractivity contribution is -0.149. The Hall–Kier alpha value is -1.23. The summed E-state index contributed by atoms with van der Waals surface area (Å²) in [5, 5.41) is 9.06. The maximum absolute atomic E-state index is 12.3. The number of carbonyl (C=O) groups excluding carboxylic acids is 1. The van der Waals surface area contributed by atoms with E-state index in [1.807, 2.05) is 6.92 Å². The van der Waals surface area contributed by atoms with E-state index in [9.17, 15) is 18.0 Å². The van der Waals surface area contributed by atoms with Crippen molar-refractivity contribution < 1.29 is 32.6 Å². The van der Waals surface area contributed by atoms with Crippen LogP contribution in [-0.4, -0.2) is 92.5 Å². The van der Waals surface area contributed by atoms with Gasteiger partial charge in [-0.15, -0.1) is 0 Å². The summed E-state index contributed by atoms with van der Waals surface area (Å²) in [5.41, 5.74) is 0. The van der Waals surface area contributed by atoms with Crippen molar-refractivity contribution >= 4 is 21.9 Å². The smallest absolute Gasteiger partial charge is 0.323 e. The van der Waals surface area contributed by atoms with E-state index in [1.54, 1.807) is 6.92 Å². The Morgan fingerprint density at radius 1 is 1.16 bits per heavy atom. The Bertz CT molecular complexity index is 530. The van der Waals surface area contributed by atoms with E-state index >= 15 is 0 Å². The second-order valence-corrected chi connectivity index (χ2v) is 7.95. The van der Waals surface area contributed by atoms with Crippen LogP contribution in [0.4, 0.5) is 0 Å². The van der Waals surface area contributed by atoms with E-state index in [0.717, 1.165) is 0 Å². The summed E-state index contributed by atoms with van der Waals surface area (Å²) in [7, 11) is -3.26. The fraction of sp³-hybridized carbons (Fsp3) is 0.867. The van der Waals surface area contributed by atoms with Crippen LogP contribution in [0.3, 0.4) is 0 Å². The number of carboxylic acid groups (broad SMARTS) is 1. The van der Waals surface area contributed by atoms with Crippen molar-refractivity contribution in [3.8, 4) is 0 Å². The Balaban J connectivity index is 2.58. The van der Waals surface area contributed by atoms with Crippen LogP contribution in [0.1, 0.15) is 26.7 Å². The minimum Gasteiger partial charge on any atom is -0.480 e. The minimum atomic E-state index is -3.26. The van der Waals surface area contributed by atoms with Crippen molar-refractivity contribution in [3.05, 3.63) is 0 Å². The van der Waals surface area contributed by atoms with Gasteiger partial charge >= 0.3 is 5.97 Å². The van der Waals surface area contributed by atoms with E-state index in [0.29, 0.717) is 26.1 Å². The zero-order valence-corrected chi connectivity index (χ0v) is 15.7. The van der Waals surface area contributed by atoms with Crippen LogP contribution in [0.15, 0.2) is 0 Å². The van der Waals surface area contributed by atoms with E-state index in [2.05, 4.69) is 0 Å². The van der Waals surface area contributed by atoms with Crippen LogP contribution in [0.5, 0.6) is 0 Å². The van der Waals surface area contributed by atoms with Crippen molar-refractivity contribution in [3.63, 3.8) is 0 Å². The number of aliphatic carboxylic acids is 1. The van der Waals surface area contributed by atoms with Crippen LogP contribution in [0.25, 0.3) is 0 Å². The van der Waals surface area contributed by atoms with Crippen LogP contribution in [-0.2, 0) is 29.1 Å². The molecule has 0 bridgehead atoms. The highest BCUT2D eigenvalue weighted by atomic mass is 32.2. The summed E-state index contributed by atoms with van der Waals surface area (Å²) in [4.78, 5) is 24.7. The number of ether oxygens (including phenoxy) is 2. The van der Waals surface area contributed by atoms with Gasteiger partial charge < -0.3 is 19.5 Å². The first-order valence-corrected chi connectivity index (χ1v) is 10.1. The summed E-state index contributed by atoms with van der Waals surface area (Å²) in [5.74, 6) is -1.48. The lowest BCUT2D eigenvalue weighted by atomic mass is 10.0. The third-order valence-electron chi connectivity index (χ3n) is 4.05. The van der Waals surface area contributed by atoms with Gasteiger partial charge in [-0.25, -0.2) is 12.7 Å². The number of carbonyl (C=O) groups is 2. The molecular weight excluding hydrogens is 352 g/mol. The predicted octanol–water partition coefficient (Wildman–Crippen LogP) is -0.233. The standard InChI is InChI=1S/C15H28N2O7S/c1-3-23-9-10-24-12-14(18)17(11-15(19)20)13-5-7-16(8-6-13)25(21,22)4-2/h13H,3-12H2,1-2H3,(H,19,20). The molecule has 0 aromatic rings. The second kappa shape index (κ2) is 10.7. The van der Waals surface area contributed by atoms with Gasteiger partial charge in [0, 0.05) is 25.7 Å². The van der Waals surface area contributed by atoms with Gasteiger partial charge in [0.25, 0.3) is 0 Å². The highest BCUT2D eigenvalue weighted by molar-refractivity contribution is 7.89. The van der Waals surface area contributed by atoms with Gasteiger partial charge in [-0.05, 0) is 26.7 Å². The highest BCUT2D eigenvalue weighted by Crippen LogP contribution is 2.19. The Kier molecular flexibility index (Phi) is 9.33. The number of rotatable bonds is 11. The maximum atomic E-state index is 12.3. The first-order chi connectivity index (χ1) is 11.8. The molecule has 1 saturated heterocycles. The number of carboxylic acids is 1. The van der Waals surface area contributed by atoms with E-state index in [-0.39, 0.29) is 38.1 Å². The average molecular weight is 380 g/mol. The van der Waals surface area contributed by atoms with Crippen molar-refractivity contribution in [1.29, 1.82) is 0 Å². The number of piperidine rings is 1. The molecular formula is C15H28N2O7S. The summed E-state index contributed by atoms with van der Waals surface area (Å²) in [6, 6.07) is -0.303. The Morgan fingerprint density at radius 2 is 1.76 bits per heavy atom. The molecule has 9 nitrogen and oxygen atoms in total. The zero-order chi connectivity index (χ0) is 18.9. The second-order valence-electron chi connectivity index (χ2n) is 5.70. The van der Waals surface area contributed by atoms with Crippen molar-refractivity contribution in [2.24, 2.45) is 0 Å². The largest absolute Gasteiger partial charge is 0.480 e. The van der Waals surface area contributed by atoms with Gasteiger partial charge in [-0.3, -0.25) is 9.59 Å². The monoisotopic (exact) mass is 380 g/mol. The molecule has 1 heterocycles. The van der Waals surface area contributed by atoms with Gasteiger partial charge in [-0.2, -0.15) is 0 Å². The van der Waals surface area contributed by atoms with E-state index < -0.39 is 28.4 Å². The molecule has 0 unspecified atom stereocenters. The molecule has 1 aliphatic rings. The van der Waals surface area contributed by atoms with Gasteiger partial charge in [-0.1, -0.05) is 0 Å². The molecule has 1 aliphatic heterocycles. The molecule has 0 aliphatic carbocycles. The van der Waals surface area contributed by atoms with Crippen molar-refractivity contribution in [1.82, 2.24) is 9.21 Å². The molecule has 1 rings (SSSR count). The van der Waals surface area contributed by atoms with E-state index in [1.165, 1.54) is 9.21 Å². The molecule has 146 valence electrons. The summed E-state index contributed by atoms with van der Waals surface area (Å²) in [6.07, 6.45) is 0.828. The van der Waals surface area contributed by atoms with Crippen LogP contribution >= 0.6 is 0 Å². The SMILES string of the molecule is CCOCCOCC(=O)N(CC(=O)O)C1CCN(S(=O)(=O)CC)CC1. The lowest BCUT2D eigenvalue weighted by Crippen LogP contribution is -2.51. The lowest BCUT2D eigenvalue weighted by Gasteiger charge is -2.37. The van der Waals surface area contributed by atoms with Crippen LogP contribution in [0, 0.1) is 0 Å². The molecule has 0 saturated carbocycles. The average Bonchev–Trinajstić information content (AvgIpc) is 2.59. The molecule has 1 fully saturated rings. The number of nitrogens with zero attached hydrogens (tertiary/aromatic N) is 2. The highest BCUT2D eigenvalue weighted by Gasteiger charge is 2.32. The fourth-order valence-electron chi connectivity index (χ4n) is 2.69. The molecule has 0 aromatic heterocycles. The molecule has 0 atom stereocenters. The van der Waals surface area contributed by atoms with Crippen LogP contribution in [0.2, 0.25) is 0 Å². The van der Waals surface area contributed by atoms with Crippen LogP contribution < -0.4 is 0 Å². The van der Waals surface area contributed by atoms with Gasteiger partial charge in [0.1, 0.15) is 13.2 Å². The minimum absolute atomic E-state index is 0.0309. The Labute approximate surface area is 148 Å². The van der Waals surface area contributed by atoms with E-state index in [4.69, 9.17) is 14.6 Å². The first kappa shape index (κ1) is 21.8. The third-order valence-corrected chi connectivity index (χ3v) is 5.93. The van der Waals surface area contributed by atoms with Gasteiger partial charge in [0.05, 0.1) is 19.0 Å². The molecule has 0 radical (unpaired) electrons. The Morgan fingerprint density at radius 3 is 2.28 bits per heavy atom. The molecule has 25 heavy (non-hydrogen) atoms. The number of hydrogen-bond donors (Lipinski definition) is 1. The molecule has 0 spiro atoms.